The lowest BCUT2D eigenvalue weighted by Gasteiger charge is -2.22. The molecule has 1 N–H and O–H groups in total. The highest BCUT2D eigenvalue weighted by Crippen LogP contribution is 2.43. The molecule has 0 aromatic heterocycles. The standard InChI is InChI=1S/C34H60O6PS/c1-5-8-10-12-14-15-16-18-23-28-42-32(26-22-17-13-11-9-6-2)30(4)40-41(37)34(36,39-27-7-3)33(35)38-29-31-24-20-19-21-25-31/h19-21,24-25,30,32,36H,5-18,22-23,26-29H2,1-4H3/q+1. The fourth-order valence-electron chi connectivity index (χ4n) is 4.76. The largest absolute Gasteiger partial charge is 0.589 e. The first-order chi connectivity index (χ1) is 20.4. The van der Waals surface area contributed by atoms with Crippen LogP contribution in [0.3, 0.4) is 0 Å². The van der Waals surface area contributed by atoms with Crippen LogP contribution in [0.5, 0.6) is 0 Å². The summed E-state index contributed by atoms with van der Waals surface area (Å²) in [6, 6.07) is 9.17. The Labute approximate surface area is 262 Å². The molecule has 1 aromatic carbocycles. The first-order valence-corrected chi connectivity index (χ1v) is 18.9. The monoisotopic (exact) mass is 627 g/mol. The van der Waals surface area contributed by atoms with Crippen LogP contribution >= 0.6 is 19.8 Å². The highest BCUT2D eigenvalue weighted by molar-refractivity contribution is 7.99. The van der Waals surface area contributed by atoms with E-state index >= 15 is 0 Å². The van der Waals surface area contributed by atoms with Gasteiger partial charge in [-0.3, -0.25) is 4.74 Å². The van der Waals surface area contributed by atoms with E-state index in [2.05, 4.69) is 13.8 Å². The molecule has 6 nitrogen and oxygen atoms in total. The second-order valence-electron chi connectivity index (χ2n) is 11.4. The molecular weight excluding hydrogens is 567 g/mol. The molecule has 0 fully saturated rings. The fraction of sp³-hybridized carbons (Fsp3) is 0.794. The van der Waals surface area contributed by atoms with E-state index in [1.165, 1.54) is 83.5 Å². The van der Waals surface area contributed by atoms with Crippen LogP contribution in [-0.2, 0) is 30.0 Å². The number of rotatable bonds is 28. The Morgan fingerprint density at radius 3 is 1.95 bits per heavy atom. The smallest absolute Gasteiger partial charge is 0.453 e. The summed E-state index contributed by atoms with van der Waals surface area (Å²) < 4.78 is 30.0. The van der Waals surface area contributed by atoms with E-state index < -0.39 is 25.6 Å². The number of unbranched alkanes of at least 4 members (excludes halogenated alkanes) is 13. The molecule has 0 saturated carbocycles. The van der Waals surface area contributed by atoms with Gasteiger partial charge in [-0.05, 0) is 42.1 Å². The van der Waals surface area contributed by atoms with Crippen LogP contribution in [0.1, 0.15) is 142 Å². The number of ether oxygens (including phenoxy) is 2. The second kappa shape index (κ2) is 25.4. The van der Waals surface area contributed by atoms with Gasteiger partial charge in [-0.25, -0.2) is 4.79 Å². The van der Waals surface area contributed by atoms with Gasteiger partial charge in [0.2, 0.25) is 0 Å². The van der Waals surface area contributed by atoms with Crippen molar-refractivity contribution in [1.82, 2.24) is 0 Å². The average molecular weight is 628 g/mol. The summed E-state index contributed by atoms with van der Waals surface area (Å²) in [5.74, 6) is -0.0563. The third-order valence-electron chi connectivity index (χ3n) is 7.44. The molecule has 1 aromatic rings. The number of carbonyl (C=O) groups is 1. The number of hydrogen-bond acceptors (Lipinski definition) is 7. The van der Waals surface area contributed by atoms with Gasteiger partial charge in [-0.1, -0.05) is 141 Å². The van der Waals surface area contributed by atoms with E-state index in [1.807, 2.05) is 55.9 Å². The normalized spacial score (nSPS) is 14.7. The summed E-state index contributed by atoms with van der Waals surface area (Å²) in [7, 11) is -2.89. The summed E-state index contributed by atoms with van der Waals surface area (Å²) in [4.78, 5) is 12.9. The zero-order valence-corrected chi connectivity index (χ0v) is 28.7. The van der Waals surface area contributed by atoms with Crippen LogP contribution in [0.25, 0.3) is 0 Å². The van der Waals surface area contributed by atoms with E-state index in [1.54, 1.807) is 0 Å². The lowest BCUT2D eigenvalue weighted by Crippen LogP contribution is -2.41. The second-order valence-corrected chi connectivity index (χ2v) is 14.1. The first kappa shape index (κ1) is 39.0. The molecule has 0 saturated heterocycles. The molecular formula is C34H60O6PS+. The molecule has 242 valence electrons. The number of benzene rings is 1. The van der Waals surface area contributed by atoms with Gasteiger partial charge in [-0.15, -0.1) is 4.52 Å². The molecule has 0 bridgehead atoms. The van der Waals surface area contributed by atoms with Gasteiger partial charge in [0.1, 0.15) is 12.7 Å². The Balaban J connectivity index is 2.69. The molecule has 0 amide bonds. The highest BCUT2D eigenvalue weighted by Gasteiger charge is 2.62. The minimum absolute atomic E-state index is 0.0502. The van der Waals surface area contributed by atoms with Crippen LogP contribution in [0.2, 0.25) is 0 Å². The van der Waals surface area contributed by atoms with Gasteiger partial charge < -0.3 is 9.84 Å². The van der Waals surface area contributed by atoms with Crippen LogP contribution < -0.4 is 0 Å². The van der Waals surface area contributed by atoms with Crippen molar-refractivity contribution in [1.29, 1.82) is 0 Å². The molecule has 4 atom stereocenters. The first-order valence-electron chi connectivity index (χ1n) is 16.7. The van der Waals surface area contributed by atoms with E-state index in [-0.39, 0.29) is 18.5 Å². The van der Waals surface area contributed by atoms with Crippen molar-refractivity contribution in [3.8, 4) is 0 Å². The average Bonchev–Trinajstić information content (AvgIpc) is 3.00. The maximum Gasteiger partial charge on any atom is 0.589 e. The Kier molecular flexibility index (Phi) is 23.6. The fourth-order valence-corrected chi connectivity index (χ4v) is 7.18. The molecule has 0 radical (unpaired) electrons. The Hall–Kier alpha value is -0.980. The zero-order valence-electron chi connectivity index (χ0n) is 27.0. The van der Waals surface area contributed by atoms with Gasteiger partial charge >= 0.3 is 19.5 Å². The molecule has 0 aliphatic carbocycles. The van der Waals surface area contributed by atoms with Crippen molar-refractivity contribution in [2.75, 3.05) is 12.4 Å². The Bertz CT molecular complexity index is 810. The summed E-state index contributed by atoms with van der Waals surface area (Å²) >= 11 is 1.87. The van der Waals surface area contributed by atoms with Gasteiger partial charge in [0.05, 0.1) is 6.61 Å². The van der Waals surface area contributed by atoms with Crippen LogP contribution in [0.4, 0.5) is 0 Å². The van der Waals surface area contributed by atoms with E-state index in [9.17, 15) is 14.5 Å². The van der Waals surface area contributed by atoms with E-state index in [0.29, 0.717) is 6.42 Å². The minimum Gasteiger partial charge on any atom is -0.453 e. The third kappa shape index (κ3) is 17.3. The van der Waals surface area contributed by atoms with Gasteiger partial charge in [0.25, 0.3) is 0 Å². The molecule has 4 unspecified atom stereocenters. The van der Waals surface area contributed by atoms with Gasteiger partial charge in [0, 0.05) is 5.25 Å². The lowest BCUT2D eigenvalue weighted by atomic mass is 10.1. The summed E-state index contributed by atoms with van der Waals surface area (Å²) in [5, 5.41) is 11.3. The number of carbonyl (C=O) groups excluding carboxylic acids is 1. The van der Waals surface area contributed by atoms with Crippen molar-refractivity contribution < 1.29 is 28.5 Å². The molecule has 0 heterocycles. The predicted molar refractivity (Wildman–Crippen MR) is 177 cm³/mol. The predicted octanol–water partition coefficient (Wildman–Crippen LogP) is 10.3. The van der Waals surface area contributed by atoms with E-state index in [0.717, 1.165) is 30.6 Å². The zero-order chi connectivity index (χ0) is 30.9. The van der Waals surface area contributed by atoms with Crippen LogP contribution in [0, 0.1) is 0 Å². The number of aliphatic hydroxyl groups is 1. The Morgan fingerprint density at radius 1 is 0.833 bits per heavy atom. The van der Waals surface area contributed by atoms with Crippen molar-refractivity contribution in [2.45, 2.75) is 160 Å². The van der Waals surface area contributed by atoms with Crippen molar-refractivity contribution >= 4 is 25.8 Å². The molecule has 8 heteroatoms. The van der Waals surface area contributed by atoms with Crippen molar-refractivity contribution in [3.63, 3.8) is 0 Å². The quantitative estimate of drug-likeness (QED) is 0.0428. The molecule has 0 spiro atoms. The summed E-state index contributed by atoms with van der Waals surface area (Å²) in [6.45, 7) is 8.24. The minimum atomic E-state index is -2.89. The third-order valence-corrected chi connectivity index (χ3v) is 10.3. The Morgan fingerprint density at radius 2 is 1.38 bits per heavy atom. The van der Waals surface area contributed by atoms with Gasteiger partial charge in [-0.2, -0.15) is 11.8 Å². The number of esters is 1. The topological polar surface area (TPSA) is 82.1 Å². The van der Waals surface area contributed by atoms with Crippen LogP contribution in [0.15, 0.2) is 30.3 Å². The van der Waals surface area contributed by atoms with Crippen molar-refractivity contribution in [2.24, 2.45) is 0 Å². The van der Waals surface area contributed by atoms with Crippen molar-refractivity contribution in [3.05, 3.63) is 35.9 Å². The van der Waals surface area contributed by atoms with Gasteiger partial charge in [0.15, 0.2) is 0 Å². The maximum absolute atomic E-state index is 13.4. The molecule has 0 aliphatic rings. The van der Waals surface area contributed by atoms with E-state index in [4.69, 9.17) is 14.0 Å². The van der Waals surface area contributed by atoms with Crippen LogP contribution in [-0.4, -0.2) is 40.3 Å². The SMILES string of the molecule is CCCCCCCCCCCSC(CCCCCCCC)C(C)O[P+](=O)C(O)(OCCC)C(=O)OCc1ccccc1. The lowest BCUT2D eigenvalue weighted by molar-refractivity contribution is -0.200. The molecule has 1 rings (SSSR count). The molecule has 42 heavy (non-hydrogen) atoms. The summed E-state index contributed by atoms with van der Waals surface area (Å²) in [5.41, 5.74) is -1.87. The molecule has 0 aliphatic heterocycles. The summed E-state index contributed by atoms with van der Waals surface area (Å²) in [6.07, 6.45) is 20.0. The highest BCUT2D eigenvalue weighted by atomic mass is 32.2. The number of hydrogen-bond donors (Lipinski definition) is 1. The number of thioether (sulfide) groups is 1. The maximum atomic E-state index is 13.4.